The zero-order valence-electron chi connectivity index (χ0n) is 29.5. The van der Waals surface area contributed by atoms with Crippen molar-refractivity contribution in [2.75, 3.05) is 23.8 Å². The van der Waals surface area contributed by atoms with E-state index in [0.29, 0.717) is 47.7 Å². The van der Waals surface area contributed by atoms with E-state index >= 15 is 0 Å². The summed E-state index contributed by atoms with van der Waals surface area (Å²) in [6.07, 6.45) is 4.39. The van der Waals surface area contributed by atoms with E-state index in [0.717, 1.165) is 31.8 Å². The Hall–Kier alpha value is -5.66. The highest BCUT2D eigenvalue weighted by atomic mass is 32.2. The topological polar surface area (TPSA) is 150 Å². The predicted octanol–water partition coefficient (Wildman–Crippen LogP) is 7.23. The van der Waals surface area contributed by atoms with Crippen molar-refractivity contribution in [2.45, 2.75) is 50.3 Å². The number of anilines is 2. The van der Waals surface area contributed by atoms with Crippen LogP contribution in [0.2, 0.25) is 0 Å². The number of esters is 1. The van der Waals surface area contributed by atoms with Gasteiger partial charge in [0.25, 0.3) is 11.8 Å². The van der Waals surface area contributed by atoms with Gasteiger partial charge in [-0.2, -0.15) is 0 Å². The fourth-order valence-electron chi connectivity index (χ4n) is 6.02. The van der Waals surface area contributed by atoms with Crippen LogP contribution in [0.25, 0.3) is 17.0 Å². The molecule has 5 aromatic rings. The van der Waals surface area contributed by atoms with Gasteiger partial charge in [0.05, 0.1) is 24.0 Å². The number of hydrogen-bond acceptors (Lipinski definition) is 8. The van der Waals surface area contributed by atoms with Crippen molar-refractivity contribution in [3.05, 3.63) is 118 Å². The number of nitrogens with one attached hydrogen (secondary N) is 4. The van der Waals surface area contributed by atoms with Crippen LogP contribution < -0.4 is 16.0 Å². The van der Waals surface area contributed by atoms with Crippen molar-refractivity contribution in [1.29, 1.82) is 0 Å². The molecule has 0 bridgehead atoms. The minimum atomic E-state index is -0.536. The molecule has 53 heavy (non-hydrogen) atoms. The molecule has 0 fully saturated rings. The van der Waals surface area contributed by atoms with Gasteiger partial charge in [0, 0.05) is 57.2 Å². The van der Waals surface area contributed by atoms with Crippen LogP contribution in [0.3, 0.4) is 0 Å². The fourth-order valence-corrected chi connectivity index (χ4v) is 8.28. The third-order valence-corrected chi connectivity index (χ3v) is 11.2. The van der Waals surface area contributed by atoms with Gasteiger partial charge >= 0.3 is 5.97 Å². The number of H-pyrrole nitrogens is 1. The Bertz CT molecular complexity index is 2210. The second-order valence-electron chi connectivity index (χ2n) is 12.3. The average molecular weight is 750 g/mol. The number of carbonyl (C=O) groups excluding carboxylic acids is 5. The maximum absolute atomic E-state index is 13.8. The molecule has 2 aromatic heterocycles. The number of thiophene rings is 1. The number of fused-ring (bicyclic) bond motifs is 2. The van der Waals surface area contributed by atoms with Crippen molar-refractivity contribution in [3.8, 4) is 0 Å². The minimum absolute atomic E-state index is 0.0494. The van der Waals surface area contributed by atoms with Gasteiger partial charge in [0.15, 0.2) is 0 Å². The number of benzene rings is 3. The van der Waals surface area contributed by atoms with E-state index in [1.807, 2.05) is 43.3 Å². The Morgan fingerprint density at radius 1 is 0.981 bits per heavy atom. The first-order valence-corrected chi connectivity index (χ1v) is 18.9. The molecule has 272 valence electrons. The van der Waals surface area contributed by atoms with E-state index in [1.165, 1.54) is 30.0 Å². The van der Waals surface area contributed by atoms with Gasteiger partial charge in [-0.05, 0) is 67.8 Å². The molecule has 3 aromatic carbocycles. The first-order chi connectivity index (χ1) is 25.6. The smallest absolute Gasteiger partial charge is 0.341 e. The summed E-state index contributed by atoms with van der Waals surface area (Å²) in [5.41, 5.74) is 3.71. The zero-order valence-corrected chi connectivity index (χ0v) is 31.1. The monoisotopic (exact) mass is 749 g/mol. The van der Waals surface area contributed by atoms with E-state index < -0.39 is 23.0 Å². The summed E-state index contributed by atoms with van der Waals surface area (Å²) in [6, 6.07) is 23.5. The predicted molar refractivity (Wildman–Crippen MR) is 209 cm³/mol. The largest absolute Gasteiger partial charge is 0.462 e. The Morgan fingerprint density at radius 2 is 1.75 bits per heavy atom. The summed E-state index contributed by atoms with van der Waals surface area (Å²) in [6.45, 7) is 6.19. The van der Waals surface area contributed by atoms with Crippen molar-refractivity contribution >= 4 is 80.4 Å². The minimum Gasteiger partial charge on any atom is -0.462 e. The molecular formula is C40H39N5O6S2. The molecule has 4 N–H and O–H groups in total. The van der Waals surface area contributed by atoms with Crippen LogP contribution in [0.1, 0.15) is 63.9 Å². The molecule has 1 aliphatic heterocycles. The lowest BCUT2D eigenvalue weighted by Gasteiger charge is -2.25. The van der Waals surface area contributed by atoms with Gasteiger partial charge in [-0.1, -0.05) is 49.4 Å². The molecule has 1 unspecified atom stereocenters. The number of aromatic amines is 1. The quantitative estimate of drug-likeness (QED) is 0.0598. The normalized spacial score (nSPS) is 13.2. The second kappa shape index (κ2) is 16.8. The van der Waals surface area contributed by atoms with E-state index in [1.54, 1.807) is 66.6 Å². The van der Waals surface area contributed by atoms with Crippen LogP contribution in [0.5, 0.6) is 0 Å². The zero-order chi connectivity index (χ0) is 37.5. The molecule has 0 saturated carbocycles. The summed E-state index contributed by atoms with van der Waals surface area (Å²) in [5, 5.41) is 9.44. The molecule has 11 nitrogen and oxygen atoms in total. The van der Waals surface area contributed by atoms with Gasteiger partial charge in [-0.15, -0.1) is 23.1 Å². The summed E-state index contributed by atoms with van der Waals surface area (Å²) >= 11 is 2.62. The summed E-state index contributed by atoms with van der Waals surface area (Å²) in [4.78, 5) is 72.3. The molecule has 0 spiro atoms. The SMILES string of the molecule is CCOC(=O)c1c(NC(=O)C(CC)Sc2cccc(NC(=O)/C(=C/c3c[nH]c4ccccc34)NC(=O)c3ccccc3)c2)sc2c1CCN(C(C)=O)C2. The van der Waals surface area contributed by atoms with Crippen LogP contribution in [-0.4, -0.2) is 57.9 Å². The van der Waals surface area contributed by atoms with Gasteiger partial charge in [0.1, 0.15) is 10.7 Å². The van der Waals surface area contributed by atoms with Crippen LogP contribution >= 0.6 is 23.1 Å². The van der Waals surface area contributed by atoms with E-state index in [4.69, 9.17) is 4.74 Å². The molecule has 3 heterocycles. The number of carbonyl (C=O) groups is 5. The molecule has 13 heteroatoms. The maximum atomic E-state index is 13.8. The Labute approximate surface area is 315 Å². The lowest BCUT2D eigenvalue weighted by atomic mass is 10.0. The third-order valence-electron chi connectivity index (χ3n) is 8.70. The molecule has 0 radical (unpaired) electrons. The van der Waals surface area contributed by atoms with Crippen molar-refractivity contribution in [2.24, 2.45) is 0 Å². The molecule has 1 aliphatic rings. The first-order valence-electron chi connectivity index (χ1n) is 17.2. The highest BCUT2D eigenvalue weighted by molar-refractivity contribution is 8.00. The molecule has 0 saturated heterocycles. The Kier molecular flexibility index (Phi) is 11.8. The number of aromatic nitrogens is 1. The lowest BCUT2D eigenvalue weighted by Crippen LogP contribution is -2.34. The van der Waals surface area contributed by atoms with Gasteiger partial charge in [0.2, 0.25) is 11.8 Å². The molecule has 4 amide bonds. The fraction of sp³-hybridized carbons (Fsp3) is 0.225. The standard InChI is InChI=1S/C40H39N5O6S2/c1-4-33(38(49)44-39-35(40(50)51-5-2)30-18-19-45(24(3)46)23-34(30)53-39)52-28-15-11-14-27(21-28)42-37(48)32(43-36(47)25-12-7-6-8-13-25)20-26-22-41-31-17-10-9-16-29(26)31/h6-17,20-22,33,41H,4-5,18-19,23H2,1-3H3,(H,42,48)(H,43,47)(H,44,49)/b32-20-. The molecule has 1 atom stereocenters. The Morgan fingerprint density at radius 3 is 2.51 bits per heavy atom. The maximum Gasteiger partial charge on any atom is 0.341 e. The number of ether oxygens (including phenoxy) is 1. The van der Waals surface area contributed by atoms with Crippen LogP contribution in [0.15, 0.2) is 95.7 Å². The number of nitrogens with zero attached hydrogens (tertiary/aromatic N) is 1. The van der Waals surface area contributed by atoms with Gasteiger partial charge in [-0.3, -0.25) is 19.2 Å². The highest BCUT2D eigenvalue weighted by Crippen LogP contribution is 2.39. The van der Waals surface area contributed by atoms with Crippen molar-refractivity contribution < 1.29 is 28.7 Å². The summed E-state index contributed by atoms with van der Waals surface area (Å²) in [7, 11) is 0. The van der Waals surface area contributed by atoms with Gasteiger partial charge in [-0.25, -0.2) is 4.79 Å². The average Bonchev–Trinajstić information content (AvgIpc) is 3.74. The summed E-state index contributed by atoms with van der Waals surface area (Å²) in [5.74, 6) is -1.79. The van der Waals surface area contributed by atoms with Crippen molar-refractivity contribution in [1.82, 2.24) is 15.2 Å². The lowest BCUT2D eigenvalue weighted by molar-refractivity contribution is -0.129. The van der Waals surface area contributed by atoms with E-state index in [9.17, 15) is 24.0 Å². The van der Waals surface area contributed by atoms with Gasteiger partial charge < -0.3 is 30.6 Å². The van der Waals surface area contributed by atoms with Crippen molar-refractivity contribution in [3.63, 3.8) is 0 Å². The number of hydrogen-bond donors (Lipinski definition) is 4. The molecule has 0 aliphatic carbocycles. The summed E-state index contributed by atoms with van der Waals surface area (Å²) < 4.78 is 5.35. The van der Waals surface area contributed by atoms with E-state index in [-0.39, 0.29) is 24.1 Å². The van der Waals surface area contributed by atoms with Crippen LogP contribution in [0.4, 0.5) is 10.7 Å². The number of amides is 4. The third kappa shape index (κ3) is 8.70. The van der Waals surface area contributed by atoms with Crippen LogP contribution in [-0.2, 0) is 32.1 Å². The molecule has 6 rings (SSSR count). The van der Waals surface area contributed by atoms with E-state index in [2.05, 4.69) is 20.9 Å². The number of thioether (sulfide) groups is 1. The number of rotatable bonds is 12. The number of para-hydroxylation sites is 1. The Balaban J connectivity index is 1.20. The highest BCUT2D eigenvalue weighted by Gasteiger charge is 2.31. The van der Waals surface area contributed by atoms with Crippen LogP contribution in [0, 0.1) is 0 Å². The second-order valence-corrected chi connectivity index (χ2v) is 14.7. The molecular weight excluding hydrogens is 711 g/mol. The first kappa shape index (κ1) is 37.1.